The Morgan fingerprint density at radius 1 is 1.30 bits per heavy atom. The summed E-state index contributed by atoms with van der Waals surface area (Å²) in [5.74, 6) is -1.16. The van der Waals surface area contributed by atoms with E-state index in [0.29, 0.717) is 25.2 Å². The maximum atomic E-state index is 12.7. The van der Waals surface area contributed by atoms with Crippen LogP contribution in [0.3, 0.4) is 0 Å². The number of rotatable bonds is 3. The molecule has 0 radical (unpaired) electrons. The smallest absolute Gasteiger partial charge is 0.248 e. The summed E-state index contributed by atoms with van der Waals surface area (Å²) >= 11 is 0. The van der Waals surface area contributed by atoms with Crippen LogP contribution in [0.4, 0.5) is 10.1 Å². The predicted molar refractivity (Wildman–Crippen MR) is 71.4 cm³/mol. The first-order chi connectivity index (χ1) is 9.54. The summed E-state index contributed by atoms with van der Waals surface area (Å²) in [6, 6.07) is 5.33. The van der Waals surface area contributed by atoms with Crippen LogP contribution in [0.1, 0.15) is 6.42 Å². The van der Waals surface area contributed by atoms with Crippen molar-refractivity contribution in [2.24, 2.45) is 0 Å². The number of nitrogens with zero attached hydrogens (tertiary/aromatic N) is 1. The third-order valence-corrected chi connectivity index (χ3v) is 2.96. The Morgan fingerprint density at radius 2 is 2.00 bits per heavy atom. The second-order valence-corrected chi connectivity index (χ2v) is 4.56. The van der Waals surface area contributed by atoms with Crippen molar-refractivity contribution in [3.05, 3.63) is 42.2 Å². The highest BCUT2D eigenvalue weighted by Gasteiger charge is 2.22. The number of nitrogens with one attached hydrogen (secondary N) is 1. The number of carbonyl (C=O) groups is 2. The van der Waals surface area contributed by atoms with Gasteiger partial charge in [-0.3, -0.25) is 9.59 Å². The number of hydrogen-bond donors (Lipinski definition) is 2. The van der Waals surface area contributed by atoms with Crippen molar-refractivity contribution < 1.29 is 19.1 Å². The lowest BCUT2D eigenvalue weighted by Gasteiger charge is -2.12. The van der Waals surface area contributed by atoms with Gasteiger partial charge in [0.15, 0.2) is 0 Å². The summed E-state index contributed by atoms with van der Waals surface area (Å²) in [6.45, 7) is 0.784. The third-order valence-electron chi connectivity index (χ3n) is 2.96. The van der Waals surface area contributed by atoms with Crippen molar-refractivity contribution in [2.45, 2.75) is 12.5 Å². The second-order valence-electron chi connectivity index (χ2n) is 4.56. The van der Waals surface area contributed by atoms with E-state index >= 15 is 0 Å². The summed E-state index contributed by atoms with van der Waals surface area (Å²) in [7, 11) is 0. The van der Waals surface area contributed by atoms with Gasteiger partial charge in [-0.25, -0.2) is 4.39 Å². The molecule has 1 atom stereocenters. The fraction of sp³-hybridized carbons (Fsp3) is 0.286. The summed E-state index contributed by atoms with van der Waals surface area (Å²) in [5, 5.41) is 11.8. The molecular formula is C14H15FN2O3. The van der Waals surface area contributed by atoms with Crippen LogP contribution in [0.25, 0.3) is 0 Å². The Labute approximate surface area is 115 Å². The van der Waals surface area contributed by atoms with E-state index < -0.39 is 12.0 Å². The lowest BCUT2D eigenvalue weighted by molar-refractivity contribution is -0.125. The average molecular weight is 278 g/mol. The monoisotopic (exact) mass is 278 g/mol. The van der Waals surface area contributed by atoms with Crippen LogP contribution in [0.2, 0.25) is 0 Å². The molecule has 0 saturated carbocycles. The van der Waals surface area contributed by atoms with Crippen LogP contribution in [-0.4, -0.2) is 41.0 Å². The van der Waals surface area contributed by atoms with Gasteiger partial charge in [0.1, 0.15) is 5.82 Å². The van der Waals surface area contributed by atoms with E-state index in [9.17, 15) is 19.1 Å². The van der Waals surface area contributed by atoms with Crippen LogP contribution in [0, 0.1) is 5.82 Å². The molecule has 6 heteroatoms. The molecule has 5 nitrogen and oxygen atoms in total. The summed E-state index contributed by atoms with van der Waals surface area (Å²) in [4.78, 5) is 24.7. The third kappa shape index (κ3) is 3.89. The largest absolute Gasteiger partial charge is 0.391 e. The molecule has 2 rings (SSSR count). The Kier molecular flexibility index (Phi) is 4.47. The molecule has 0 bridgehead atoms. The number of β-amino-alcohol motifs (C(OH)–C–C–N with tert-alkyl or cyclic N) is 1. The van der Waals surface area contributed by atoms with Crippen molar-refractivity contribution in [2.75, 3.05) is 18.4 Å². The average Bonchev–Trinajstić information content (AvgIpc) is 2.85. The van der Waals surface area contributed by atoms with Crippen molar-refractivity contribution in [3.8, 4) is 0 Å². The highest BCUT2D eigenvalue weighted by atomic mass is 19.1. The Balaban J connectivity index is 1.86. The van der Waals surface area contributed by atoms with E-state index in [0.717, 1.165) is 12.2 Å². The number of aliphatic hydroxyl groups excluding tert-OH is 1. The molecule has 106 valence electrons. The van der Waals surface area contributed by atoms with Crippen molar-refractivity contribution in [3.63, 3.8) is 0 Å². The molecule has 1 heterocycles. The minimum atomic E-state index is -0.486. The number of anilines is 1. The maximum Gasteiger partial charge on any atom is 0.248 e. The molecule has 0 unspecified atom stereocenters. The molecule has 1 saturated heterocycles. The lowest BCUT2D eigenvalue weighted by Crippen LogP contribution is -2.28. The molecule has 0 aromatic heterocycles. The normalized spacial score (nSPS) is 18.5. The lowest BCUT2D eigenvalue weighted by atomic mass is 10.3. The van der Waals surface area contributed by atoms with Crippen molar-refractivity contribution >= 4 is 17.5 Å². The summed E-state index contributed by atoms with van der Waals surface area (Å²) in [6.07, 6.45) is 2.36. The van der Waals surface area contributed by atoms with E-state index in [4.69, 9.17) is 0 Å². The minimum Gasteiger partial charge on any atom is -0.391 e. The number of halogens is 1. The van der Waals surface area contributed by atoms with Crippen LogP contribution in [-0.2, 0) is 9.59 Å². The number of likely N-dealkylation sites (tertiary alicyclic amines) is 1. The van der Waals surface area contributed by atoms with Crippen molar-refractivity contribution in [1.82, 2.24) is 4.90 Å². The van der Waals surface area contributed by atoms with Crippen molar-refractivity contribution in [1.29, 1.82) is 0 Å². The zero-order valence-corrected chi connectivity index (χ0v) is 10.8. The van der Waals surface area contributed by atoms with Crippen LogP contribution >= 0.6 is 0 Å². The molecule has 1 aliphatic heterocycles. The Morgan fingerprint density at radius 3 is 2.60 bits per heavy atom. The van der Waals surface area contributed by atoms with E-state index in [1.165, 1.54) is 29.2 Å². The van der Waals surface area contributed by atoms with Crippen LogP contribution in [0.5, 0.6) is 0 Å². The zero-order chi connectivity index (χ0) is 14.5. The first kappa shape index (κ1) is 14.2. The molecule has 1 fully saturated rings. The van der Waals surface area contributed by atoms with Gasteiger partial charge in [-0.1, -0.05) is 0 Å². The molecule has 0 spiro atoms. The van der Waals surface area contributed by atoms with Crippen LogP contribution in [0.15, 0.2) is 36.4 Å². The molecule has 0 aliphatic carbocycles. The van der Waals surface area contributed by atoms with E-state index in [-0.39, 0.29) is 11.7 Å². The molecule has 2 N–H and O–H groups in total. The molecule has 1 aromatic carbocycles. The summed E-state index contributed by atoms with van der Waals surface area (Å²) in [5.41, 5.74) is 0.449. The van der Waals surface area contributed by atoms with Crippen LogP contribution < -0.4 is 5.32 Å². The zero-order valence-electron chi connectivity index (χ0n) is 10.8. The minimum absolute atomic E-state index is 0.294. The highest BCUT2D eigenvalue weighted by molar-refractivity contribution is 6.03. The number of aliphatic hydroxyl groups is 1. The van der Waals surface area contributed by atoms with E-state index in [2.05, 4.69) is 5.32 Å². The first-order valence-corrected chi connectivity index (χ1v) is 6.26. The molecule has 1 aromatic rings. The van der Waals surface area contributed by atoms with Gasteiger partial charge in [0.25, 0.3) is 0 Å². The second kappa shape index (κ2) is 6.29. The van der Waals surface area contributed by atoms with Gasteiger partial charge in [0.05, 0.1) is 6.10 Å². The van der Waals surface area contributed by atoms with Gasteiger partial charge in [0.2, 0.25) is 11.8 Å². The number of amides is 2. The number of hydrogen-bond acceptors (Lipinski definition) is 3. The standard InChI is InChI=1S/C14H15FN2O3/c15-10-1-3-11(4-2-10)16-13(19)5-6-14(20)17-8-7-12(18)9-17/h1-6,12,18H,7-9H2,(H,16,19)/b6-5+/t12-/m0/s1. The number of benzene rings is 1. The van der Waals surface area contributed by atoms with Gasteiger partial charge in [-0.15, -0.1) is 0 Å². The van der Waals surface area contributed by atoms with Gasteiger partial charge in [-0.2, -0.15) is 0 Å². The van der Waals surface area contributed by atoms with Gasteiger partial charge in [0, 0.05) is 30.9 Å². The molecule has 20 heavy (non-hydrogen) atoms. The molecular weight excluding hydrogens is 263 g/mol. The van der Waals surface area contributed by atoms with Gasteiger partial charge < -0.3 is 15.3 Å². The fourth-order valence-corrected chi connectivity index (χ4v) is 1.91. The first-order valence-electron chi connectivity index (χ1n) is 6.26. The highest BCUT2D eigenvalue weighted by Crippen LogP contribution is 2.10. The van der Waals surface area contributed by atoms with E-state index in [1.54, 1.807) is 0 Å². The maximum absolute atomic E-state index is 12.7. The van der Waals surface area contributed by atoms with Gasteiger partial charge in [-0.05, 0) is 30.7 Å². The van der Waals surface area contributed by atoms with Gasteiger partial charge >= 0.3 is 0 Å². The SMILES string of the molecule is O=C(/C=C/C(=O)N1CC[C@H](O)C1)Nc1ccc(F)cc1. The summed E-state index contributed by atoms with van der Waals surface area (Å²) < 4.78 is 12.7. The topological polar surface area (TPSA) is 69.6 Å². The molecule has 1 aliphatic rings. The predicted octanol–water partition coefficient (Wildman–Crippen LogP) is 0.914. The Bertz CT molecular complexity index is 528. The van der Waals surface area contributed by atoms with E-state index in [1.807, 2.05) is 0 Å². The Hall–Kier alpha value is -2.21. The number of carbonyl (C=O) groups excluding carboxylic acids is 2. The molecule has 2 amide bonds. The fourth-order valence-electron chi connectivity index (χ4n) is 1.91. The quantitative estimate of drug-likeness (QED) is 0.808.